The molecule has 1 heterocycles. The summed E-state index contributed by atoms with van der Waals surface area (Å²) in [5.74, 6) is 0.674. The van der Waals surface area contributed by atoms with Gasteiger partial charge in [0.25, 0.3) is 0 Å². The maximum Gasteiger partial charge on any atom is 0.120 e. The number of ether oxygens (including phenoxy) is 2. The van der Waals surface area contributed by atoms with Gasteiger partial charge >= 0.3 is 0 Å². The van der Waals surface area contributed by atoms with Gasteiger partial charge in [0.05, 0.1) is 18.8 Å². The second kappa shape index (κ2) is 11.4. The summed E-state index contributed by atoms with van der Waals surface area (Å²) in [5, 5.41) is 20.8. The number of aliphatic hydroxyl groups excluding tert-OH is 2. The number of rotatable bonds is 10. The summed E-state index contributed by atoms with van der Waals surface area (Å²) in [6, 6.07) is 7.07. The van der Waals surface area contributed by atoms with Crippen LogP contribution in [0.5, 0.6) is 5.75 Å². The number of unbranched alkanes of at least 4 members (excludes halogenated alkanes) is 1. The molecule has 26 heavy (non-hydrogen) atoms. The van der Waals surface area contributed by atoms with E-state index in [9.17, 15) is 10.2 Å². The van der Waals surface area contributed by atoms with Crippen molar-refractivity contribution in [2.45, 2.75) is 50.9 Å². The van der Waals surface area contributed by atoms with Gasteiger partial charge in [-0.3, -0.25) is 0 Å². The SMILES string of the molecule is CCC/C=C\CCC1C(O)CO[C@@H]1/C=C/C(O)COc1cccc(Cl)c1. The third kappa shape index (κ3) is 7.12. The first kappa shape index (κ1) is 21.0. The molecule has 1 aromatic carbocycles. The van der Waals surface area contributed by atoms with E-state index in [-0.39, 0.29) is 18.6 Å². The lowest BCUT2D eigenvalue weighted by atomic mass is 9.93. The van der Waals surface area contributed by atoms with E-state index in [4.69, 9.17) is 21.1 Å². The summed E-state index contributed by atoms with van der Waals surface area (Å²) < 4.78 is 11.2. The molecule has 0 saturated carbocycles. The van der Waals surface area contributed by atoms with Crippen molar-refractivity contribution in [3.8, 4) is 5.75 Å². The maximum absolute atomic E-state index is 10.1. The summed E-state index contributed by atoms with van der Waals surface area (Å²) in [7, 11) is 0. The van der Waals surface area contributed by atoms with Crippen LogP contribution in [0.2, 0.25) is 5.02 Å². The van der Waals surface area contributed by atoms with Gasteiger partial charge in [-0.2, -0.15) is 0 Å². The average Bonchev–Trinajstić information content (AvgIpc) is 2.98. The molecule has 1 aliphatic heterocycles. The molecule has 0 aromatic heterocycles. The Morgan fingerprint density at radius 3 is 2.92 bits per heavy atom. The minimum absolute atomic E-state index is 0.0542. The van der Waals surface area contributed by atoms with E-state index >= 15 is 0 Å². The zero-order valence-electron chi connectivity index (χ0n) is 15.3. The predicted molar refractivity (Wildman–Crippen MR) is 105 cm³/mol. The zero-order chi connectivity index (χ0) is 18.8. The number of hydrogen-bond donors (Lipinski definition) is 2. The lowest BCUT2D eigenvalue weighted by molar-refractivity contribution is 0.106. The first-order valence-electron chi connectivity index (χ1n) is 9.29. The lowest BCUT2D eigenvalue weighted by Gasteiger charge is -2.17. The van der Waals surface area contributed by atoms with E-state index in [0.29, 0.717) is 17.4 Å². The van der Waals surface area contributed by atoms with Crippen LogP contribution in [0.15, 0.2) is 48.6 Å². The summed E-state index contributed by atoms with van der Waals surface area (Å²) in [4.78, 5) is 0. The number of hydrogen-bond acceptors (Lipinski definition) is 4. The van der Waals surface area contributed by atoms with E-state index in [1.54, 1.807) is 30.3 Å². The Hall–Kier alpha value is -1.33. The van der Waals surface area contributed by atoms with Crippen LogP contribution >= 0.6 is 11.6 Å². The van der Waals surface area contributed by atoms with Gasteiger partial charge in [0.15, 0.2) is 0 Å². The molecule has 0 aliphatic carbocycles. The standard InChI is InChI=1S/C21H29ClO4/c1-2-3-4-5-6-10-19-20(24)15-26-21(19)12-11-17(23)14-25-18-9-7-8-16(22)13-18/h4-5,7-9,11-13,17,19-21,23-24H,2-3,6,10,14-15H2,1H3/b5-4-,12-11+/t17?,19?,20?,21-/m1/s1. The third-order valence-electron chi connectivity index (χ3n) is 4.40. The average molecular weight is 381 g/mol. The highest BCUT2D eigenvalue weighted by atomic mass is 35.5. The monoisotopic (exact) mass is 380 g/mol. The minimum atomic E-state index is -0.750. The molecular formula is C21H29ClO4. The molecule has 4 atom stereocenters. The van der Waals surface area contributed by atoms with Crippen molar-refractivity contribution in [3.05, 3.63) is 53.6 Å². The van der Waals surface area contributed by atoms with Crippen molar-refractivity contribution in [3.63, 3.8) is 0 Å². The molecule has 0 bridgehead atoms. The smallest absolute Gasteiger partial charge is 0.120 e. The molecular weight excluding hydrogens is 352 g/mol. The number of benzene rings is 1. The molecule has 1 aromatic rings. The van der Waals surface area contributed by atoms with Crippen molar-refractivity contribution in [2.24, 2.45) is 5.92 Å². The predicted octanol–water partition coefficient (Wildman–Crippen LogP) is 4.15. The van der Waals surface area contributed by atoms with E-state index in [0.717, 1.165) is 25.7 Å². The molecule has 3 unspecified atom stereocenters. The Bertz CT molecular complexity index is 587. The molecule has 4 nitrogen and oxygen atoms in total. The van der Waals surface area contributed by atoms with Crippen molar-refractivity contribution >= 4 is 11.6 Å². The number of aliphatic hydroxyl groups is 2. The van der Waals surface area contributed by atoms with Crippen molar-refractivity contribution in [1.29, 1.82) is 0 Å². The topological polar surface area (TPSA) is 58.9 Å². The van der Waals surface area contributed by atoms with Gasteiger partial charge in [-0.05, 0) is 37.5 Å². The molecule has 0 amide bonds. The lowest BCUT2D eigenvalue weighted by Crippen LogP contribution is -2.23. The first-order chi connectivity index (χ1) is 12.6. The normalized spacial score (nSPS) is 24.5. The van der Waals surface area contributed by atoms with Gasteiger partial charge in [0.2, 0.25) is 0 Å². The second-order valence-electron chi connectivity index (χ2n) is 6.59. The highest BCUT2D eigenvalue weighted by molar-refractivity contribution is 6.30. The van der Waals surface area contributed by atoms with Crippen LogP contribution in [0.4, 0.5) is 0 Å². The summed E-state index contributed by atoms with van der Waals surface area (Å²) >= 11 is 5.91. The number of halogens is 1. The maximum atomic E-state index is 10.1. The van der Waals surface area contributed by atoms with E-state index in [2.05, 4.69) is 19.1 Å². The van der Waals surface area contributed by atoms with Crippen LogP contribution < -0.4 is 4.74 Å². The molecule has 2 N–H and O–H groups in total. The largest absolute Gasteiger partial charge is 0.491 e. The molecule has 1 fully saturated rings. The minimum Gasteiger partial charge on any atom is -0.491 e. The van der Waals surface area contributed by atoms with E-state index in [1.165, 1.54) is 0 Å². The molecule has 2 rings (SSSR count). The van der Waals surface area contributed by atoms with Gasteiger partial charge in [0, 0.05) is 10.9 Å². The van der Waals surface area contributed by atoms with Gasteiger partial charge < -0.3 is 19.7 Å². The molecule has 0 spiro atoms. The Kier molecular flexibility index (Phi) is 9.19. The molecule has 5 heteroatoms. The van der Waals surface area contributed by atoms with Crippen LogP contribution in [0.3, 0.4) is 0 Å². The van der Waals surface area contributed by atoms with Crippen molar-refractivity contribution < 1.29 is 19.7 Å². The van der Waals surface area contributed by atoms with Crippen LogP contribution in [0.25, 0.3) is 0 Å². The number of allylic oxidation sites excluding steroid dienone is 2. The van der Waals surface area contributed by atoms with Crippen LogP contribution in [-0.2, 0) is 4.74 Å². The Morgan fingerprint density at radius 2 is 2.15 bits per heavy atom. The van der Waals surface area contributed by atoms with Gasteiger partial charge in [0.1, 0.15) is 18.5 Å². The molecule has 1 aliphatic rings. The summed E-state index contributed by atoms with van der Waals surface area (Å²) in [6.45, 7) is 2.63. The quantitative estimate of drug-likeness (QED) is 0.599. The fourth-order valence-electron chi connectivity index (χ4n) is 2.95. The summed E-state index contributed by atoms with van der Waals surface area (Å²) in [5.41, 5.74) is 0. The van der Waals surface area contributed by atoms with E-state index in [1.807, 2.05) is 6.08 Å². The highest BCUT2D eigenvalue weighted by Crippen LogP contribution is 2.27. The van der Waals surface area contributed by atoms with Crippen LogP contribution in [-0.4, -0.2) is 41.7 Å². The Morgan fingerprint density at radius 1 is 1.35 bits per heavy atom. The zero-order valence-corrected chi connectivity index (χ0v) is 16.0. The van der Waals surface area contributed by atoms with Gasteiger partial charge in [-0.25, -0.2) is 0 Å². The molecule has 0 radical (unpaired) electrons. The van der Waals surface area contributed by atoms with Crippen LogP contribution in [0.1, 0.15) is 32.6 Å². The van der Waals surface area contributed by atoms with Gasteiger partial charge in [-0.1, -0.05) is 55.3 Å². The molecule has 144 valence electrons. The third-order valence-corrected chi connectivity index (χ3v) is 4.64. The second-order valence-corrected chi connectivity index (χ2v) is 7.02. The Balaban J connectivity index is 1.78. The summed E-state index contributed by atoms with van der Waals surface area (Å²) in [6.07, 6.45) is 10.5. The van der Waals surface area contributed by atoms with Gasteiger partial charge in [-0.15, -0.1) is 0 Å². The van der Waals surface area contributed by atoms with Crippen molar-refractivity contribution in [2.75, 3.05) is 13.2 Å². The highest BCUT2D eigenvalue weighted by Gasteiger charge is 2.33. The first-order valence-corrected chi connectivity index (χ1v) is 9.67. The fraction of sp³-hybridized carbons (Fsp3) is 0.524. The Labute approximate surface area is 161 Å². The van der Waals surface area contributed by atoms with E-state index < -0.39 is 12.2 Å². The van der Waals surface area contributed by atoms with Crippen LogP contribution in [0, 0.1) is 5.92 Å². The molecule has 1 saturated heterocycles. The fourth-order valence-corrected chi connectivity index (χ4v) is 3.13. The van der Waals surface area contributed by atoms with Crippen molar-refractivity contribution in [1.82, 2.24) is 0 Å².